The Morgan fingerprint density at radius 2 is 2.30 bits per heavy atom. The topological polar surface area (TPSA) is 47.4 Å². The molecule has 7 heteroatoms. The summed E-state index contributed by atoms with van der Waals surface area (Å²) in [5.74, 6) is 0.451. The zero-order chi connectivity index (χ0) is 14.7. The smallest absolute Gasteiger partial charge is 0.224 e. The van der Waals surface area contributed by atoms with Crippen LogP contribution in [-0.4, -0.2) is 48.2 Å². The van der Waals surface area contributed by atoms with Crippen molar-refractivity contribution >= 4 is 33.0 Å². The maximum atomic E-state index is 12.6. The van der Waals surface area contributed by atoms with Gasteiger partial charge in [0.2, 0.25) is 5.78 Å². The van der Waals surface area contributed by atoms with Gasteiger partial charge in [0.25, 0.3) is 0 Å². The molecule has 0 N–H and O–H groups in total. The van der Waals surface area contributed by atoms with Gasteiger partial charge in [-0.05, 0) is 36.1 Å². The van der Waals surface area contributed by atoms with Gasteiger partial charge in [0.1, 0.15) is 0 Å². The molecular weight excluding hydrogens is 342 g/mol. The van der Waals surface area contributed by atoms with E-state index in [4.69, 9.17) is 4.74 Å². The first-order chi connectivity index (χ1) is 9.52. The van der Waals surface area contributed by atoms with Crippen LogP contribution >= 0.6 is 27.3 Å². The van der Waals surface area contributed by atoms with Crippen molar-refractivity contribution in [2.45, 2.75) is 6.54 Å². The van der Waals surface area contributed by atoms with E-state index in [0.29, 0.717) is 22.9 Å². The predicted octanol–water partition coefficient (Wildman–Crippen LogP) is 2.51. The van der Waals surface area contributed by atoms with E-state index in [2.05, 4.69) is 21.0 Å². The summed E-state index contributed by atoms with van der Waals surface area (Å²) >= 11 is 4.77. The Hall–Kier alpha value is -1.18. The second-order valence-corrected chi connectivity index (χ2v) is 6.37. The second kappa shape index (κ2) is 6.51. The van der Waals surface area contributed by atoms with Crippen LogP contribution < -0.4 is 4.74 Å². The van der Waals surface area contributed by atoms with Gasteiger partial charge in [-0.25, -0.2) is 0 Å². The molecule has 2 aromatic heterocycles. The van der Waals surface area contributed by atoms with Gasteiger partial charge in [-0.3, -0.25) is 9.48 Å². The molecule has 0 spiro atoms. The normalized spacial score (nSPS) is 11.1. The first kappa shape index (κ1) is 15.2. The van der Waals surface area contributed by atoms with Crippen LogP contribution in [-0.2, 0) is 6.54 Å². The number of methoxy groups -OCH3 is 1. The maximum Gasteiger partial charge on any atom is 0.224 e. The van der Waals surface area contributed by atoms with Crippen LogP contribution in [0.2, 0.25) is 0 Å². The first-order valence-corrected chi connectivity index (χ1v) is 7.73. The number of ether oxygens (including phenoxy) is 1. The lowest BCUT2D eigenvalue weighted by Crippen LogP contribution is -2.21. The fourth-order valence-corrected chi connectivity index (χ4v) is 3.13. The largest absolute Gasteiger partial charge is 0.493 e. The number of carbonyl (C=O) groups excluding carboxylic acids is 1. The molecule has 0 aliphatic carbocycles. The van der Waals surface area contributed by atoms with E-state index in [-0.39, 0.29) is 5.78 Å². The van der Waals surface area contributed by atoms with Crippen molar-refractivity contribution < 1.29 is 9.53 Å². The van der Waals surface area contributed by atoms with Crippen molar-refractivity contribution in [1.29, 1.82) is 0 Å². The number of ketones is 1. The zero-order valence-electron chi connectivity index (χ0n) is 11.6. The number of aromatic nitrogens is 2. The van der Waals surface area contributed by atoms with Crippen LogP contribution in [0.1, 0.15) is 15.4 Å². The van der Waals surface area contributed by atoms with Crippen molar-refractivity contribution in [1.82, 2.24) is 14.7 Å². The van der Waals surface area contributed by atoms with Crippen LogP contribution in [0.15, 0.2) is 22.1 Å². The van der Waals surface area contributed by atoms with E-state index in [1.54, 1.807) is 18.0 Å². The average Bonchev–Trinajstić information content (AvgIpc) is 3.01. The van der Waals surface area contributed by atoms with Gasteiger partial charge >= 0.3 is 0 Å². The van der Waals surface area contributed by atoms with Crippen molar-refractivity contribution in [3.8, 4) is 5.75 Å². The molecule has 0 amide bonds. The van der Waals surface area contributed by atoms with E-state index >= 15 is 0 Å². The lowest BCUT2D eigenvalue weighted by molar-refractivity contribution is 0.102. The molecule has 0 unspecified atom stereocenters. The summed E-state index contributed by atoms with van der Waals surface area (Å²) in [7, 11) is 5.52. The molecule has 2 aromatic rings. The monoisotopic (exact) mass is 357 g/mol. The lowest BCUT2D eigenvalue weighted by atomic mass is 10.2. The molecule has 108 valence electrons. The van der Waals surface area contributed by atoms with Crippen LogP contribution in [0.3, 0.4) is 0 Å². The standard InChI is InChI=1S/C13H16BrN3O2S/c1-16(2)4-5-17-12(10(19-3)7-15-17)13(18)11-6-9(14)8-20-11/h6-8H,4-5H2,1-3H3. The highest BCUT2D eigenvalue weighted by Gasteiger charge is 2.22. The van der Waals surface area contributed by atoms with E-state index < -0.39 is 0 Å². The summed E-state index contributed by atoms with van der Waals surface area (Å²) in [5, 5.41) is 6.14. The van der Waals surface area contributed by atoms with E-state index in [1.807, 2.05) is 30.4 Å². The molecule has 0 aliphatic heterocycles. The van der Waals surface area contributed by atoms with Gasteiger partial charge in [0.05, 0.1) is 24.7 Å². The highest BCUT2D eigenvalue weighted by Crippen LogP contribution is 2.26. The van der Waals surface area contributed by atoms with E-state index in [0.717, 1.165) is 11.0 Å². The molecule has 2 heterocycles. The summed E-state index contributed by atoms with van der Waals surface area (Å²) in [4.78, 5) is 15.3. The quantitative estimate of drug-likeness (QED) is 0.745. The fraction of sp³-hybridized carbons (Fsp3) is 0.385. The molecule has 0 atom stereocenters. The number of halogens is 1. The van der Waals surface area contributed by atoms with Gasteiger partial charge < -0.3 is 9.64 Å². The molecule has 0 radical (unpaired) electrons. The summed E-state index contributed by atoms with van der Waals surface area (Å²) in [6, 6.07) is 1.82. The molecule has 0 saturated heterocycles. The SMILES string of the molecule is COc1cnn(CCN(C)C)c1C(=O)c1cc(Br)cs1. The van der Waals surface area contributed by atoms with Gasteiger partial charge in [-0.15, -0.1) is 11.3 Å². The maximum absolute atomic E-state index is 12.6. The Bertz CT molecular complexity index is 607. The summed E-state index contributed by atoms with van der Waals surface area (Å²) in [6.07, 6.45) is 1.59. The van der Waals surface area contributed by atoms with Crippen molar-refractivity contribution in [2.24, 2.45) is 0 Å². The predicted molar refractivity (Wildman–Crippen MR) is 82.8 cm³/mol. The van der Waals surface area contributed by atoms with Gasteiger partial charge in [0.15, 0.2) is 11.4 Å². The van der Waals surface area contributed by atoms with Crippen molar-refractivity contribution in [3.63, 3.8) is 0 Å². The zero-order valence-corrected chi connectivity index (χ0v) is 14.0. The van der Waals surface area contributed by atoms with Crippen LogP contribution in [0.5, 0.6) is 5.75 Å². The van der Waals surface area contributed by atoms with Gasteiger partial charge in [0, 0.05) is 16.4 Å². The Morgan fingerprint density at radius 1 is 1.55 bits per heavy atom. The molecular formula is C13H16BrN3O2S. The number of carbonyl (C=O) groups is 1. The molecule has 2 rings (SSSR count). The second-order valence-electron chi connectivity index (χ2n) is 4.55. The lowest BCUT2D eigenvalue weighted by Gasteiger charge is -2.11. The van der Waals surface area contributed by atoms with Crippen LogP contribution in [0.25, 0.3) is 0 Å². The minimum Gasteiger partial charge on any atom is -0.493 e. The van der Waals surface area contributed by atoms with Crippen LogP contribution in [0.4, 0.5) is 0 Å². The fourth-order valence-electron chi connectivity index (χ4n) is 1.76. The van der Waals surface area contributed by atoms with Crippen molar-refractivity contribution in [3.05, 3.63) is 32.7 Å². The van der Waals surface area contributed by atoms with Gasteiger partial charge in [-0.1, -0.05) is 0 Å². The number of nitrogens with zero attached hydrogens (tertiary/aromatic N) is 3. The Kier molecular flexibility index (Phi) is 4.95. The molecule has 20 heavy (non-hydrogen) atoms. The number of likely N-dealkylation sites (N-methyl/N-ethyl adjacent to an activating group) is 1. The molecule has 0 fully saturated rings. The number of hydrogen-bond donors (Lipinski definition) is 0. The Balaban J connectivity index is 2.33. The third-order valence-corrected chi connectivity index (χ3v) is 4.48. The average molecular weight is 358 g/mol. The van der Waals surface area contributed by atoms with Crippen LogP contribution in [0, 0.1) is 0 Å². The Morgan fingerprint density at radius 3 is 2.85 bits per heavy atom. The number of thiophene rings is 1. The third kappa shape index (κ3) is 3.28. The summed E-state index contributed by atoms with van der Waals surface area (Å²) in [6.45, 7) is 1.45. The molecule has 5 nitrogen and oxygen atoms in total. The number of hydrogen-bond acceptors (Lipinski definition) is 5. The molecule has 0 aromatic carbocycles. The highest BCUT2D eigenvalue weighted by molar-refractivity contribution is 9.10. The number of rotatable bonds is 6. The van der Waals surface area contributed by atoms with Crippen molar-refractivity contribution in [2.75, 3.05) is 27.7 Å². The molecule has 0 bridgehead atoms. The minimum atomic E-state index is -0.0613. The Labute approximate surface area is 130 Å². The minimum absolute atomic E-state index is 0.0613. The summed E-state index contributed by atoms with van der Waals surface area (Å²) in [5.41, 5.74) is 0.503. The third-order valence-electron chi connectivity index (χ3n) is 2.79. The van der Waals surface area contributed by atoms with Gasteiger partial charge in [-0.2, -0.15) is 5.10 Å². The summed E-state index contributed by atoms with van der Waals surface area (Å²) < 4.78 is 7.87. The first-order valence-electron chi connectivity index (χ1n) is 6.06. The molecule has 0 aliphatic rings. The van der Waals surface area contributed by atoms with E-state index in [9.17, 15) is 4.79 Å². The highest BCUT2D eigenvalue weighted by atomic mass is 79.9. The molecule has 0 saturated carbocycles. The van der Waals surface area contributed by atoms with E-state index in [1.165, 1.54) is 11.3 Å².